The van der Waals surface area contributed by atoms with Crippen molar-refractivity contribution in [3.8, 4) is 0 Å². The Morgan fingerprint density at radius 2 is 2.22 bits per heavy atom. The molecule has 0 aliphatic carbocycles. The fraction of sp³-hybridized carbons (Fsp3) is 0.636. The first-order valence-electron chi connectivity index (χ1n) is 5.76. The molecule has 1 aromatic heterocycles. The molecule has 0 saturated carbocycles. The number of ether oxygens (including phenoxy) is 1. The molecule has 2 heterocycles. The molecule has 0 spiro atoms. The summed E-state index contributed by atoms with van der Waals surface area (Å²) in [6.45, 7) is 1.45. The smallest absolute Gasteiger partial charge is 0.332 e. The average Bonchev–Trinajstić information content (AvgIpc) is 2.72. The van der Waals surface area contributed by atoms with E-state index in [2.05, 4.69) is 0 Å². The van der Waals surface area contributed by atoms with Crippen molar-refractivity contribution < 1.29 is 9.84 Å². The van der Waals surface area contributed by atoms with Gasteiger partial charge in [-0.1, -0.05) is 0 Å². The summed E-state index contributed by atoms with van der Waals surface area (Å²) in [5, 5.41) is 9.08. The Bertz CT molecular complexity index is 562. The normalized spacial score (nSPS) is 27.7. The number of aromatic nitrogens is 2. The summed E-state index contributed by atoms with van der Waals surface area (Å²) < 4.78 is 7.90. The molecule has 1 aliphatic heterocycles. The molecule has 100 valence electrons. The largest absolute Gasteiger partial charge is 0.394 e. The maximum Gasteiger partial charge on any atom is 0.332 e. The van der Waals surface area contributed by atoms with Gasteiger partial charge in [0.15, 0.2) is 0 Å². The molecule has 3 N–H and O–H groups in total. The molecule has 18 heavy (non-hydrogen) atoms. The van der Waals surface area contributed by atoms with Gasteiger partial charge in [-0.05, 0) is 6.92 Å². The Hall–Kier alpha value is -1.44. The van der Waals surface area contributed by atoms with Crippen molar-refractivity contribution in [2.45, 2.75) is 31.7 Å². The third kappa shape index (κ3) is 2.00. The van der Waals surface area contributed by atoms with Crippen LogP contribution in [0.15, 0.2) is 15.8 Å². The third-order valence-corrected chi connectivity index (χ3v) is 3.26. The van der Waals surface area contributed by atoms with Crippen molar-refractivity contribution in [2.24, 2.45) is 12.8 Å². The molecule has 0 amide bonds. The van der Waals surface area contributed by atoms with Crippen LogP contribution in [-0.2, 0) is 11.8 Å². The minimum atomic E-state index is -0.532. The van der Waals surface area contributed by atoms with Crippen LogP contribution in [0.1, 0.15) is 18.2 Å². The molecule has 0 bridgehead atoms. The quantitative estimate of drug-likeness (QED) is 0.667. The lowest BCUT2D eigenvalue weighted by Gasteiger charge is -2.16. The Morgan fingerprint density at radius 1 is 1.56 bits per heavy atom. The molecule has 1 saturated heterocycles. The van der Waals surface area contributed by atoms with E-state index < -0.39 is 18.0 Å². The minimum Gasteiger partial charge on any atom is -0.394 e. The topological polar surface area (TPSA) is 99.5 Å². The summed E-state index contributed by atoms with van der Waals surface area (Å²) in [7, 11) is 1.42. The number of hydrogen-bond acceptors (Lipinski definition) is 5. The van der Waals surface area contributed by atoms with Gasteiger partial charge in [0, 0.05) is 31.3 Å². The molecule has 1 fully saturated rings. The van der Waals surface area contributed by atoms with E-state index >= 15 is 0 Å². The van der Waals surface area contributed by atoms with Crippen molar-refractivity contribution in [1.29, 1.82) is 0 Å². The van der Waals surface area contributed by atoms with Gasteiger partial charge in [0.05, 0.1) is 12.7 Å². The predicted octanol–water partition coefficient (Wildman–Crippen LogP) is -1.54. The van der Waals surface area contributed by atoms with Gasteiger partial charge in [-0.3, -0.25) is 13.9 Å². The first kappa shape index (κ1) is 13.0. The Morgan fingerprint density at radius 3 is 2.78 bits per heavy atom. The first-order valence-corrected chi connectivity index (χ1v) is 5.76. The van der Waals surface area contributed by atoms with Crippen LogP contribution in [-0.4, -0.2) is 33.0 Å². The molecule has 3 atom stereocenters. The second-order valence-corrected chi connectivity index (χ2v) is 4.58. The third-order valence-electron chi connectivity index (χ3n) is 3.26. The zero-order chi connectivity index (χ0) is 13.4. The molecular weight excluding hydrogens is 238 g/mol. The molecule has 1 aromatic rings. The molecule has 0 radical (unpaired) electrons. The van der Waals surface area contributed by atoms with Gasteiger partial charge in [0.2, 0.25) is 0 Å². The lowest BCUT2D eigenvalue weighted by Crippen LogP contribution is -2.40. The molecule has 7 heteroatoms. The van der Waals surface area contributed by atoms with E-state index in [1.54, 1.807) is 6.92 Å². The van der Waals surface area contributed by atoms with Gasteiger partial charge in [-0.2, -0.15) is 0 Å². The number of hydrogen-bond donors (Lipinski definition) is 2. The van der Waals surface area contributed by atoms with Crippen molar-refractivity contribution in [2.75, 3.05) is 6.61 Å². The van der Waals surface area contributed by atoms with Crippen LogP contribution in [0.2, 0.25) is 0 Å². The zero-order valence-corrected chi connectivity index (χ0v) is 10.4. The van der Waals surface area contributed by atoms with E-state index in [-0.39, 0.29) is 18.2 Å². The van der Waals surface area contributed by atoms with Crippen LogP contribution < -0.4 is 17.0 Å². The van der Waals surface area contributed by atoms with Gasteiger partial charge >= 0.3 is 5.69 Å². The number of aliphatic hydroxyl groups excluding tert-OH is 1. The zero-order valence-electron chi connectivity index (χ0n) is 10.4. The molecule has 0 aromatic carbocycles. The highest BCUT2D eigenvalue weighted by Gasteiger charge is 2.34. The highest BCUT2D eigenvalue weighted by atomic mass is 16.5. The SMILES string of the molecule is Cc1cn([C@H]2C[C@@H](N)[C@@H](CO)O2)c(=O)n(C)c1=O. The van der Waals surface area contributed by atoms with Gasteiger partial charge < -0.3 is 15.6 Å². The van der Waals surface area contributed by atoms with Crippen LogP contribution in [0, 0.1) is 6.92 Å². The van der Waals surface area contributed by atoms with Crippen LogP contribution in [0.4, 0.5) is 0 Å². The van der Waals surface area contributed by atoms with E-state index in [1.807, 2.05) is 0 Å². The predicted molar refractivity (Wildman–Crippen MR) is 64.3 cm³/mol. The summed E-state index contributed by atoms with van der Waals surface area (Å²) in [4.78, 5) is 23.6. The van der Waals surface area contributed by atoms with Crippen LogP contribution in [0.25, 0.3) is 0 Å². The van der Waals surface area contributed by atoms with Crippen LogP contribution in [0.5, 0.6) is 0 Å². The summed E-state index contributed by atoms with van der Waals surface area (Å²) in [5.74, 6) is 0. The number of aryl methyl sites for hydroxylation is 1. The molecule has 0 unspecified atom stereocenters. The summed E-state index contributed by atoms with van der Waals surface area (Å²) in [5.41, 5.74) is 5.50. The lowest BCUT2D eigenvalue weighted by atomic mass is 10.1. The minimum absolute atomic E-state index is 0.183. The second-order valence-electron chi connectivity index (χ2n) is 4.58. The van der Waals surface area contributed by atoms with E-state index in [4.69, 9.17) is 15.6 Å². The first-order chi connectivity index (χ1) is 8.45. The Kier molecular flexibility index (Phi) is 3.38. The molecule has 7 nitrogen and oxygen atoms in total. The highest BCUT2D eigenvalue weighted by Crippen LogP contribution is 2.25. The monoisotopic (exact) mass is 255 g/mol. The highest BCUT2D eigenvalue weighted by molar-refractivity contribution is 5.03. The van der Waals surface area contributed by atoms with Gasteiger partial charge in [0.1, 0.15) is 6.23 Å². The number of nitrogens with zero attached hydrogens (tertiary/aromatic N) is 2. The van der Waals surface area contributed by atoms with Crippen molar-refractivity contribution in [3.05, 3.63) is 32.6 Å². The summed E-state index contributed by atoms with van der Waals surface area (Å²) in [6.07, 6.45) is 0.902. The van der Waals surface area contributed by atoms with Crippen molar-refractivity contribution in [3.63, 3.8) is 0 Å². The van der Waals surface area contributed by atoms with Crippen LogP contribution >= 0.6 is 0 Å². The maximum atomic E-state index is 12.0. The second kappa shape index (κ2) is 4.68. The number of aliphatic hydroxyl groups is 1. The maximum absolute atomic E-state index is 12.0. The average molecular weight is 255 g/mol. The van der Waals surface area contributed by atoms with Gasteiger partial charge in [0.25, 0.3) is 5.56 Å². The van der Waals surface area contributed by atoms with E-state index in [0.29, 0.717) is 12.0 Å². The Labute approximate surface area is 103 Å². The van der Waals surface area contributed by atoms with Gasteiger partial charge in [-0.25, -0.2) is 4.79 Å². The fourth-order valence-corrected chi connectivity index (χ4v) is 2.15. The number of nitrogens with two attached hydrogens (primary N) is 1. The standard InChI is InChI=1S/C11H17N3O4/c1-6-4-14(11(17)13(2)10(6)16)9-3-7(12)8(5-15)18-9/h4,7-9,15H,3,5,12H2,1-2H3/t7-,8-,9-/m1/s1. The molecule has 1 aliphatic rings. The van der Waals surface area contributed by atoms with E-state index in [1.165, 1.54) is 17.8 Å². The van der Waals surface area contributed by atoms with Crippen LogP contribution in [0.3, 0.4) is 0 Å². The molecule has 2 rings (SSSR count). The fourth-order valence-electron chi connectivity index (χ4n) is 2.15. The van der Waals surface area contributed by atoms with Crippen molar-refractivity contribution in [1.82, 2.24) is 9.13 Å². The summed E-state index contributed by atoms with van der Waals surface area (Å²) in [6, 6.07) is -0.315. The van der Waals surface area contributed by atoms with Crippen molar-refractivity contribution >= 4 is 0 Å². The lowest BCUT2D eigenvalue weighted by molar-refractivity contribution is -0.0276. The summed E-state index contributed by atoms with van der Waals surface area (Å²) >= 11 is 0. The van der Waals surface area contributed by atoms with Gasteiger partial charge in [-0.15, -0.1) is 0 Å². The number of rotatable bonds is 2. The van der Waals surface area contributed by atoms with E-state index in [9.17, 15) is 9.59 Å². The van der Waals surface area contributed by atoms with E-state index in [0.717, 1.165) is 4.57 Å². The Balaban J connectivity index is 2.42. The molecular formula is C11H17N3O4.